The largest absolute Gasteiger partial charge is 0.207 e. The number of rotatable bonds is 2. The molecule has 0 aliphatic heterocycles. The maximum Gasteiger partial charge on any atom is 0.204 e. The fourth-order valence-electron chi connectivity index (χ4n) is 1.09. The summed E-state index contributed by atoms with van der Waals surface area (Å²) in [6.45, 7) is 2.60. The average molecular weight is 192 g/mol. The van der Waals surface area contributed by atoms with Crippen molar-refractivity contribution in [2.24, 2.45) is 0 Å². The van der Waals surface area contributed by atoms with Gasteiger partial charge in [0.1, 0.15) is 5.82 Å². The van der Waals surface area contributed by atoms with Gasteiger partial charge in [-0.05, 0) is 36.4 Å². The number of aromatic nitrogens is 4. The molecule has 0 amide bonds. The molecule has 72 valence electrons. The zero-order chi connectivity index (χ0) is 9.97. The highest BCUT2D eigenvalue weighted by Crippen LogP contribution is 2.13. The first-order valence-corrected chi connectivity index (χ1v) is 4.33. The molecule has 0 radical (unpaired) electrons. The van der Waals surface area contributed by atoms with E-state index in [9.17, 15) is 4.39 Å². The van der Waals surface area contributed by atoms with Crippen molar-refractivity contribution in [3.05, 3.63) is 30.1 Å². The molecule has 0 N–H and O–H groups in total. The van der Waals surface area contributed by atoms with Crippen molar-refractivity contribution in [1.29, 1.82) is 0 Å². The third-order valence-corrected chi connectivity index (χ3v) is 1.84. The Bertz CT molecular complexity index is 421. The van der Waals surface area contributed by atoms with E-state index >= 15 is 0 Å². The number of hydrogen-bond donors (Lipinski definition) is 0. The summed E-state index contributed by atoms with van der Waals surface area (Å²) in [6, 6.07) is 6.02. The summed E-state index contributed by atoms with van der Waals surface area (Å²) in [5.74, 6) is 0.253. The van der Waals surface area contributed by atoms with E-state index in [4.69, 9.17) is 0 Å². The first-order chi connectivity index (χ1) is 6.79. The van der Waals surface area contributed by atoms with Crippen LogP contribution in [0.5, 0.6) is 0 Å². The van der Waals surface area contributed by atoms with Crippen LogP contribution in [0.4, 0.5) is 4.39 Å². The number of tetrazole rings is 1. The number of benzene rings is 1. The molecular formula is C9H9FN4. The van der Waals surface area contributed by atoms with E-state index in [1.54, 1.807) is 12.1 Å². The van der Waals surface area contributed by atoms with Crippen molar-refractivity contribution in [1.82, 2.24) is 20.2 Å². The molecule has 0 spiro atoms. The predicted molar refractivity (Wildman–Crippen MR) is 48.9 cm³/mol. The number of hydrogen-bond acceptors (Lipinski definition) is 3. The topological polar surface area (TPSA) is 43.6 Å². The SMILES string of the molecule is CCn1nnc(-c2ccc(F)cc2)n1. The Kier molecular flexibility index (Phi) is 2.22. The monoisotopic (exact) mass is 192 g/mol. The lowest BCUT2D eigenvalue weighted by atomic mass is 10.2. The van der Waals surface area contributed by atoms with Crippen molar-refractivity contribution >= 4 is 0 Å². The first-order valence-electron chi connectivity index (χ1n) is 4.33. The van der Waals surface area contributed by atoms with Crippen molar-refractivity contribution in [2.45, 2.75) is 13.5 Å². The zero-order valence-electron chi connectivity index (χ0n) is 7.68. The van der Waals surface area contributed by atoms with Crippen LogP contribution >= 0.6 is 0 Å². The molecule has 1 heterocycles. The van der Waals surface area contributed by atoms with E-state index in [0.29, 0.717) is 12.4 Å². The minimum absolute atomic E-state index is 0.267. The van der Waals surface area contributed by atoms with E-state index in [-0.39, 0.29) is 5.82 Å². The molecule has 0 aliphatic carbocycles. The molecule has 0 fully saturated rings. The van der Waals surface area contributed by atoms with Crippen LogP contribution in [0.15, 0.2) is 24.3 Å². The Labute approximate surface area is 80.4 Å². The quantitative estimate of drug-likeness (QED) is 0.724. The molecule has 0 bridgehead atoms. The minimum Gasteiger partial charge on any atom is -0.207 e. The maximum absolute atomic E-state index is 12.6. The molecular weight excluding hydrogens is 183 g/mol. The molecule has 0 unspecified atom stereocenters. The van der Waals surface area contributed by atoms with Gasteiger partial charge < -0.3 is 0 Å². The molecule has 1 aromatic heterocycles. The smallest absolute Gasteiger partial charge is 0.204 e. The third-order valence-electron chi connectivity index (χ3n) is 1.84. The zero-order valence-corrected chi connectivity index (χ0v) is 7.68. The van der Waals surface area contributed by atoms with E-state index in [1.165, 1.54) is 16.9 Å². The Morgan fingerprint density at radius 2 is 2.00 bits per heavy atom. The van der Waals surface area contributed by atoms with Gasteiger partial charge in [-0.25, -0.2) is 4.39 Å². The normalized spacial score (nSPS) is 10.4. The van der Waals surface area contributed by atoms with Crippen LogP contribution in [-0.2, 0) is 6.54 Å². The van der Waals surface area contributed by atoms with E-state index in [0.717, 1.165) is 5.56 Å². The highest BCUT2D eigenvalue weighted by atomic mass is 19.1. The fraction of sp³-hybridized carbons (Fsp3) is 0.222. The average Bonchev–Trinajstić information content (AvgIpc) is 2.67. The Balaban J connectivity index is 2.34. The molecule has 2 aromatic rings. The van der Waals surface area contributed by atoms with Crippen LogP contribution in [0.1, 0.15) is 6.92 Å². The molecule has 0 atom stereocenters. The van der Waals surface area contributed by atoms with Crippen LogP contribution in [0, 0.1) is 5.82 Å². The molecule has 0 aliphatic rings. The van der Waals surface area contributed by atoms with E-state index in [1.807, 2.05) is 6.92 Å². The van der Waals surface area contributed by atoms with Crippen LogP contribution in [0.25, 0.3) is 11.4 Å². The predicted octanol–water partition coefficient (Wildman–Crippen LogP) is 1.50. The summed E-state index contributed by atoms with van der Waals surface area (Å²) in [5, 5.41) is 11.8. The summed E-state index contributed by atoms with van der Waals surface area (Å²) in [6.07, 6.45) is 0. The maximum atomic E-state index is 12.6. The second-order valence-corrected chi connectivity index (χ2v) is 2.81. The van der Waals surface area contributed by atoms with Gasteiger partial charge in [0.25, 0.3) is 0 Å². The second-order valence-electron chi connectivity index (χ2n) is 2.81. The number of halogens is 1. The van der Waals surface area contributed by atoms with Crippen LogP contribution in [0.2, 0.25) is 0 Å². The Morgan fingerprint density at radius 1 is 1.29 bits per heavy atom. The Hall–Kier alpha value is -1.78. The molecule has 2 rings (SSSR count). The number of aryl methyl sites for hydroxylation is 1. The minimum atomic E-state index is -0.267. The van der Waals surface area contributed by atoms with Crippen LogP contribution in [-0.4, -0.2) is 20.2 Å². The summed E-state index contributed by atoms with van der Waals surface area (Å²) in [4.78, 5) is 1.48. The van der Waals surface area contributed by atoms with E-state index < -0.39 is 0 Å². The second kappa shape index (κ2) is 3.53. The molecule has 0 saturated heterocycles. The van der Waals surface area contributed by atoms with Crippen molar-refractivity contribution in [3.8, 4) is 11.4 Å². The molecule has 1 aromatic carbocycles. The lowest BCUT2D eigenvalue weighted by molar-refractivity contribution is 0.553. The molecule has 5 heteroatoms. The van der Waals surface area contributed by atoms with Gasteiger partial charge >= 0.3 is 0 Å². The van der Waals surface area contributed by atoms with Gasteiger partial charge in [-0.1, -0.05) is 0 Å². The number of nitrogens with zero attached hydrogens (tertiary/aromatic N) is 4. The summed E-state index contributed by atoms with van der Waals surface area (Å²) in [5.41, 5.74) is 0.770. The summed E-state index contributed by atoms with van der Waals surface area (Å²) < 4.78 is 12.6. The molecule has 14 heavy (non-hydrogen) atoms. The van der Waals surface area contributed by atoms with Gasteiger partial charge in [0, 0.05) is 5.56 Å². The standard InChI is InChI=1S/C9H9FN4/c1-2-14-12-9(11-13-14)7-3-5-8(10)6-4-7/h3-6H,2H2,1H3. The summed E-state index contributed by atoms with van der Waals surface area (Å²) >= 11 is 0. The van der Waals surface area contributed by atoms with Crippen molar-refractivity contribution in [3.63, 3.8) is 0 Å². The van der Waals surface area contributed by atoms with E-state index in [2.05, 4.69) is 15.4 Å². The fourth-order valence-corrected chi connectivity index (χ4v) is 1.09. The molecule has 0 saturated carbocycles. The van der Waals surface area contributed by atoms with Gasteiger partial charge in [-0.3, -0.25) is 0 Å². The van der Waals surface area contributed by atoms with Gasteiger partial charge in [-0.15, -0.1) is 10.2 Å². The van der Waals surface area contributed by atoms with Gasteiger partial charge in [0.05, 0.1) is 6.54 Å². The van der Waals surface area contributed by atoms with Gasteiger partial charge in [-0.2, -0.15) is 4.80 Å². The first kappa shape index (κ1) is 8.80. The van der Waals surface area contributed by atoms with Gasteiger partial charge in [0.2, 0.25) is 5.82 Å². The van der Waals surface area contributed by atoms with Crippen molar-refractivity contribution in [2.75, 3.05) is 0 Å². The van der Waals surface area contributed by atoms with Crippen LogP contribution in [0.3, 0.4) is 0 Å². The summed E-state index contributed by atoms with van der Waals surface area (Å²) in [7, 11) is 0. The lowest BCUT2D eigenvalue weighted by Crippen LogP contribution is -1.98. The highest BCUT2D eigenvalue weighted by Gasteiger charge is 2.04. The van der Waals surface area contributed by atoms with Crippen LogP contribution < -0.4 is 0 Å². The Morgan fingerprint density at radius 3 is 2.57 bits per heavy atom. The van der Waals surface area contributed by atoms with Crippen molar-refractivity contribution < 1.29 is 4.39 Å². The third kappa shape index (κ3) is 1.61. The lowest BCUT2D eigenvalue weighted by Gasteiger charge is -1.92. The highest BCUT2D eigenvalue weighted by molar-refractivity contribution is 5.53. The van der Waals surface area contributed by atoms with Gasteiger partial charge in [0.15, 0.2) is 0 Å². The molecule has 4 nitrogen and oxygen atoms in total.